The van der Waals surface area contributed by atoms with E-state index < -0.39 is 10.8 Å². The van der Waals surface area contributed by atoms with Gasteiger partial charge in [0.15, 0.2) is 6.61 Å². The van der Waals surface area contributed by atoms with Crippen molar-refractivity contribution in [3.05, 3.63) is 12.1 Å². The van der Waals surface area contributed by atoms with E-state index in [2.05, 4.69) is 10.6 Å². The van der Waals surface area contributed by atoms with Crippen molar-refractivity contribution >= 4 is 33.8 Å². The summed E-state index contributed by atoms with van der Waals surface area (Å²) < 4.78 is 16.2. The molecule has 4 N–H and O–H groups in total. The predicted octanol–water partition coefficient (Wildman–Crippen LogP) is 0.780. The quantitative estimate of drug-likeness (QED) is 0.548. The number of carbonyl (C=O) groups excluding carboxylic acids is 1. The molecule has 0 saturated heterocycles. The van der Waals surface area contributed by atoms with Crippen LogP contribution in [0.5, 0.6) is 5.75 Å². The molecule has 0 aliphatic carbocycles. The van der Waals surface area contributed by atoms with Gasteiger partial charge in [-0.05, 0) is 12.5 Å². The number of ether oxygens (including phenoxy) is 1. The molecule has 19 heavy (non-hydrogen) atoms. The predicted molar refractivity (Wildman–Crippen MR) is 77.0 cm³/mol. The maximum atomic E-state index is 11.2. The molecule has 0 bridgehead atoms. The zero-order valence-electron chi connectivity index (χ0n) is 10.7. The number of amides is 1. The minimum Gasteiger partial charge on any atom is -0.482 e. The average molecular weight is 283 g/mol. The van der Waals surface area contributed by atoms with Gasteiger partial charge in [0.25, 0.3) is 5.91 Å². The maximum absolute atomic E-state index is 11.2. The number of anilines is 3. The van der Waals surface area contributed by atoms with E-state index in [9.17, 15) is 9.00 Å². The van der Waals surface area contributed by atoms with Crippen molar-refractivity contribution in [1.82, 2.24) is 0 Å². The first kappa shape index (κ1) is 13.7. The van der Waals surface area contributed by atoms with Gasteiger partial charge in [0.2, 0.25) is 0 Å². The van der Waals surface area contributed by atoms with Crippen LogP contribution in [0.2, 0.25) is 0 Å². The number of rotatable bonds is 5. The minimum atomic E-state index is -0.784. The molecule has 0 spiro atoms. The smallest absolute Gasteiger partial charge is 0.262 e. The standard InChI is InChI=1S/C12H17N3O3S/c1-19(17)4-2-3-14-9-6-10-11(5-8(9)13)18-7-12(16)15-10/h5-6,14H,2-4,7,13H2,1H3,(H,15,16). The summed E-state index contributed by atoms with van der Waals surface area (Å²) >= 11 is 0. The summed E-state index contributed by atoms with van der Waals surface area (Å²) in [6.07, 6.45) is 2.47. The fourth-order valence-electron chi connectivity index (χ4n) is 1.79. The number of fused-ring (bicyclic) bond motifs is 1. The summed E-state index contributed by atoms with van der Waals surface area (Å²) in [6.45, 7) is 0.693. The van der Waals surface area contributed by atoms with Gasteiger partial charge < -0.3 is 21.1 Å². The van der Waals surface area contributed by atoms with Crippen LogP contribution < -0.4 is 21.1 Å². The lowest BCUT2D eigenvalue weighted by molar-refractivity contribution is -0.118. The molecule has 0 fully saturated rings. The summed E-state index contributed by atoms with van der Waals surface area (Å²) in [5.41, 5.74) is 7.83. The van der Waals surface area contributed by atoms with Gasteiger partial charge in [-0.1, -0.05) is 0 Å². The normalized spacial score (nSPS) is 15.1. The first-order chi connectivity index (χ1) is 9.06. The molecule has 1 aromatic rings. The molecule has 0 radical (unpaired) electrons. The Hall–Kier alpha value is -1.76. The molecule has 1 amide bonds. The molecule has 1 atom stereocenters. The monoisotopic (exact) mass is 283 g/mol. The van der Waals surface area contributed by atoms with Crippen molar-refractivity contribution in [2.75, 3.05) is 41.5 Å². The second kappa shape index (κ2) is 5.92. The molecule has 1 aliphatic rings. The molecule has 0 saturated carbocycles. The van der Waals surface area contributed by atoms with Gasteiger partial charge in [0.1, 0.15) is 5.75 Å². The van der Waals surface area contributed by atoms with Gasteiger partial charge in [-0.25, -0.2) is 0 Å². The molecule has 104 valence electrons. The third kappa shape index (κ3) is 3.60. The van der Waals surface area contributed by atoms with Crippen LogP contribution in [0.1, 0.15) is 6.42 Å². The van der Waals surface area contributed by atoms with Crippen molar-refractivity contribution in [3.8, 4) is 5.75 Å². The lowest BCUT2D eigenvalue weighted by atomic mass is 10.2. The van der Waals surface area contributed by atoms with Crippen molar-refractivity contribution < 1.29 is 13.7 Å². The summed E-state index contributed by atoms with van der Waals surface area (Å²) in [5, 5.41) is 5.89. The first-order valence-electron chi connectivity index (χ1n) is 5.96. The van der Waals surface area contributed by atoms with Crippen LogP contribution >= 0.6 is 0 Å². The van der Waals surface area contributed by atoms with Crippen LogP contribution in [0, 0.1) is 0 Å². The van der Waals surface area contributed by atoms with Gasteiger partial charge in [-0.2, -0.15) is 0 Å². The van der Waals surface area contributed by atoms with E-state index >= 15 is 0 Å². The summed E-state index contributed by atoms with van der Waals surface area (Å²) in [4.78, 5) is 11.2. The van der Waals surface area contributed by atoms with Crippen molar-refractivity contribution in [2.45, 2.75) is 6.42 Å². The highest BCUT2D eigenvalue weighted by Gasteiger charge is 2.17. The van der Waals surface area contributed by atoms with Crippen LogP contribution in [0.25, 0.3) is 0 Å². The van der Waals surface area contributed by atoms with Crippen LogP contribution in [-0.4, -0.2) is 35.3 Å². The van der Waals surface area contributed by atoms with Crippen molar-refractivity contribution in [2.24, 2.45) is 0 Å². The summed E-state index contributed by atoms with van der Waals surface area (Å²) in [5.74, 6) is 1.06. The molecule has 1 heterocycles. The van der Waals surface area contributed by atoms with Gasteiger partial charge in [0.05, 0.1) is 17.1 Å². The van der Waals surface area contributed by atoms with E-state index in [4.69, 9.17) is 10.5 Å². The molecule has 0 aromatic heterocycles. The van der Waals surface area contributed by atoms with E-state index in [1.165, 1.54) is 0 Å². The Balaban J connectivity index is 2.02. The number of nitrogens with two attached hydrogens (primary N) is 1. The molecule has 1 unspecified atom stereocenters. The number of hydrogen-bond acceptors (Lipinski definition) is 5. The fourth-order valence-corrected chi connectivity index (χ4v) is 2.34. The molecule has 1 aliphatic heterocycles. The Morgan fingerprint density at radius 3 is 3.05 bits per heavy atom. The third-order valence-corrected chi connectivity index (χ3v) is 3.57. The molecule has 2 rings (SSSR count). The second-order valence-electron chi connectivity index (χ2n) is 4.33. The Morgan fingerprint density at radius 2 is 2.32 bits per heavy atom. The van der Waals surface area contributed by atoms with Crippen LogP contribution in [0.4, 0.5) is 17.1 Å². The number of nitrogens with one attached hydrogen (secondary N) is 2. The third-order valence-electron chi connectivity index (χ3n) is 2.71. The van der Waals surface area contributed by atoms with E-state index in [-0.39, 0.29) is 12.5 Å². The topological polar surface area (TPSA) is 93.5 Å². The van der Waals surface area contributed by atoms with Crippen LogP contribution in [0.15, 0.2) is 12.1 Å². The average Bonchev–Trinajstić information content (AvgIpc) is 2.35. The van der Waals surface area contributed by atoms with Gasteiger partial charge in [-0.15, -0.1) is 0 Å². The summed E-state index contributed by atoms with van der Waals surface area (Å²) in [6, 6.07) is 3.44. The SMILES string of the molecule is CS(=O)CCCNc1cc2c(cc1N)OCC(=O)N2. The molecule has 6 nitrogen and oxygen atoms in total. The largest absolute Gasteiger partial charge is 0.482 e. The Morgan fingerprint density at radius 1 is 1.53 bits per heavy atom. The summed E-state index contributed by atoms with van der Waals surface area (Å²) in [7, 11) is -0.784. The molecule has 1 aromatic carbocycles. The molecule has 7 heteroatoms. The maximum Gasteiger partial charge on any atom is 0.262 e. The number of nitrogen functional groups attached to an aromatic ring is 1. The van der Waals surface area contributed by atoms with Crippen LogP contribution in [0.3, 0.4) is 0 Å². The van der Waals surface area contributed by atoms with Gasteiger partial charge in [-0.3, -0.25) is 9.00 Å². The first-order valence-corrected chi connectivity index (χ1v) is 7.69. The van der Waals surface area contributed by atoms with Gasteiger partial charge >= 0.3 is 0 Å². The number of hydrogen-bond donors (Lipinski definition) is 3. The van der Waals surface area contributed by atoms with E-state index in [0.29, 0.717) is 29.4 Å². The lowest BCUT2D eigenvalue weighted by Gasteiger charge is -2.20. The molecular weight excluding hydrogens is 266 g/mol. The Labute approximate surface area is 114 Å². The zero-order chi connectivity index (χ0) is 13.8. The highest BCUT2D eigenvalue weighted by Crippen LogP contribution is 2.35. The highest BCUT2D eigenvalue weighted by atomic mass is 32.2. The Kier molecular flexibility index (Phi) is 4.26. The fraction of sp³-hybridized carbons (Fsp3) is 0.417. The van der Waals surface area contributed by atoms with Crippen LogP contribution in [-0.2, 0) is 15.6 Å². The molecular formula is C12H17N3O3S. The second-order valence-corrected chi connectivity index (χ2v) is 5.88. The van der Waals surface area contributed by atoms with E-state index in [0.717, 1.165) is 12.1 Å². The highest BCUT2D eigenvalue weighted by molar-refractivity contribution is 7.84. The zero-order valence-corrected chi connectivity index (χ0v) is 11.5. The van der Waals surface area contributed by atoms with Crippen molar-refractivity contribution in [1.29, 1.82) is 0 Å². The number of carbonyl (C=O) groups is 1. The minimum absolute atomic E-state index is 0.0154. The lowest BCUT2D eigenvalue weighted by Crippen LogP contribution is -2.25. The van der Waals surface area contributed by atoms with E-state index in [1.54, 1.807) is 18.4 Å². The van der Waals surface area contributed by atoms with E-state index in [1.807, 2.05) is 0 Å². The Bertz CT molecular complexity index is 519. The number of benzene rings is 1. The van der Waals surface area contributed by atoms with Gasteiger partial charge in [0, 0.05) is 35.4 Å². The van der Waals surface area contributed by atoms with Crippen molar-refractivity contribution in [3.63, 3.8) is 0 Å².